The Morgan fingerprint density at radius 1 is 1.10 bits per heavy atom. The first kappa shape index (κ1) is 23.6. The van der Waals surface area contributed by atoms with E-state index in [0.29, 0.717) is 12.0 Å². The molecule has 2 aliphatic rings. The number of fused-ring (bicyclic) bond motifs is 1. The normalized spacial score (nSPS) is 30.9. The lowest BCUT2D eigenvalue weighted by Crippen LogP contribution is -2.36. The van der Waals surface area contributed by atoms with Crippen LogP contribution in [0.25, 0.3) is 0 Å². The number of carbonyl (C=O) groups excluding carboxylic acids is 3. The van der Waals surface area contributed by atoms with Gasteiger partial charge in [-0.2, -0.15) is 0 Å². The zero-order chi connectivity index (χ0) is 22.3. The van der Waals surface area contributed by atoms with Gasteiger partial charge in [-0.05, 0) is 57.1 Å². The van der Waals surface area contributed by atoms with Crippen LogP contribution in [0, 0.1) is 5.92 Å². The molecule has 0 N–H and O–H groups in total. The third-order valence-electron chi connectivity index (χ3n) is 5.47. The first-order valence-corrected chi connectivity index (χ1v) is 10.4. The molecule has 0 bridgehead atoms. The van der Waals surface area contributed by atoms with Crippen LogP contribution in [-0.4, -0.2) is 36.7 Å². The zero-order valence-corrected chi connectivity index (χ0v) is 18.4. The fourth-order valence-corrected chi connectivity index (χ4v) is 3.75. The minimum Gasteiger partial charge on any atom is -0.461 e. The van der Waals surface area contributed by atoms with Crippen LogP contribution in [0.5, 0.6) is 0 Å². The summed E-state index contributed by atoms with van der Waals surface area (Å²) in [5.74, 6) is -1.55. The van der Waals surface area contributed by atoms with E-state index in [1.807, 2.05) is 19.1 Å². The fourth-order valence-electron chi connectivity index (χ4n) is 3.75. The van der Waals surface area contributed by atoms with E-state index < -0.39 is 24.1 Å². The average Bonchev–Trinajstić information content (AvgIpc) is 2.94. The molecule has 0 aromatic heterocycles. The summed E-state index contributed by atoms with van der Waals surface area (Å²) in [7, 11) is 0. The molecule has 2 rings (SSSR count). The summed E-state index contributed by atoms with van der Waals surface area (Å²) in [4.78, 5) is 35.3. The van der Waals surface area contributed by atoms with Crippen LogP contribution in [0.4, 0.5) is 0 Å². The Hall–Kier alpha value is -2.63. The van der Waals surface area contributed by atoms with Gasteiger partial charge in [0.05, 0.1) is 0 Å². The number of ether oxygens (including phenoxy) is 3. The third kappa shape index (κ3) is 6.71. The summed E-state index contributed by atoms with van der Waals surface area (Å²) in [6.45, 7) is 10.8. The van der Waals surface area contributed by atoms with Crippen LogP contribution in [-0.2, 0) is 28.6 Å². The molecule has 0 radical (unpaired) electrons. The molecule has 6 heteroatoms. The predicted molar refractivity (Wildman–Crippen MR) is 113 cm³/mol. The number of esters is 3. The van der Waals surface area contributed by atoms with Crippen molar-refractivity contribution in [2.24, 2.45) is 5.92 Å². The Kier molecular flexibility index (Phi) is 8.63. The van der Waals surface area contributed by atoms with Crippen molar-refractivity contribution in [2.75, 3.05) is 6.61 Å². The van der Waals surface area contributed by atoms with Gasteiger partial charge >= 0.3 is 17.9 Å². The standard InChI is InChI=1S/C24H32O6/c1-15-8-6-10-16(2)22(29-19(5)26)23-21(17(3)24(27)30-23)13-12-20(11-7-9-15)14-28-18(4)25/h9-10,12,21-23H,3,6-8,11,13-14H2,1-2,4-5H3/b15-9+,16-10+,20-12-/t21-,22+,23-/m1/s1. The van der Waals surface area contributed by atoms with Crippen LogP contribution in [0.15, 0.2) is 47.1 Å². The molecule has 0 amide bonds. The highest BCUT2D eigenvalue weighted by atomic mass is 16.6. The maximum atomic E-state index is 12.3. The van der Waals surface area contributed by atoms with Gasteiger partial charge in [-0.3, -0.25) is 9.59 Å². The summed E-state index contributed by atoms with van der Waals surface area (Å²) < 4.78 is 16.4. The van der Waals surface area contributed by atoms with Crippen molar-refractivity contribution in [3.63, 3.8) is 0 Å². The minimum atomic E-state index is -0.659. The summed E-state index contributed by atoms with van der Waals surface area (Å²) >= 11 is 0. The third-order valence-corrected chi connectivity index (χ3v) is 5.47. The van der Waals surface area contributed by atoms with Gasteiger partial charge in [0.25, 0.3) is 0 Å². The molecule has 30 heavy (non-hydrogen) atoms. The topological polar surface area (TPSA) is 78.9 Å². The minimum absolute atomic E-state index is 0.215. The highest BCUT2D eigenvalue weighted by molar-refractivity contribution is 5.91. The molecule has 0 saturated carbocycles. The van der Waals surface area contributed by atoms with Gasteiger partial charge in [0, 0.05) is 25.3 Å². The Balaban J connectivity index is 2.39. The Bertz CT molecular complexity index is 786. The highest BCUT2D eigenvalue weighted by Crippen LogP contribution is 2.36. The average molecular weight is 417 g/mol. The van der Waals surface area contributed by atoms with Crippen molar-refractivity contribution in [3.8, 4) is 0 Å². The largest absolute Gasteiger partial charge is 0.461 e. The molecular weight excluding hydrogens is 384 g/mol. The first-order chi connectivity index (χ1) is 14.2. The van der Waals surface area contributed by atoms with E-state index in [-0.39, 0.29) is 18.5 Å². The van der Waals surface area contributed by atoms with E-state index in [2.05, 4.69) is 19.6 Å². The van der Waals surface area contributed by atoms with Gasteiger partial charge in [0.15, 0.2) is 12.2 Å². The molecule has 3 atom stereocenters. The van der Waals surface area contributed by atoms with Crippen molar-refractivity contribution in [3.05, 3.63) is 47.1 Å². The second-order valence-corrected chi connectivity index (χ2v) is 7.99. The second-order valence-electron chi connectivity index (χ2n) is 7.99. The fraction of sp³-hybridized carbons (Fsp3) is 0.542. The summed E-state index contributed by atoms with van der Waals surface area (Å²) in [5.41, 5.74) is 3.48. The van der Waals surface area contributed by atoms with Crippen LogP contribution in [0.2, 0.25) is 0 Å². The lowest BCUT2D eigenvalue weighted by atomic mass is 9.86. The Morgan fingerprint density at radius 2 is 1.80 bits per heavy atom. The molecule has 1 fully saturated rings. The van der Waals surface area contributed by atoms with Crippen LogP contribution < -0.4 is 0 Å². The lowest BCUT2D eigenvalue weighted by Gasteiger charge is -2.27. The molecular formula is C24H32O6. The molecule has 1 heterocycles. The number of hydrogen-bond acceptors (Lipinski definition) is 6. The van der Waals surface area contributed by atoms with Crippen molar-refractivity contribution in [1.82, 2.24) is 0 Å². The van der Waals surface area contributed by atoms with E-state index in [1.165, 1.54) is 19.4 Å². The van der Waals surface area contributed by atoms with Crippen molar-refractivity contribution in [2.45, 2.75) is 72.0 Å². The summed E-state index contributed by atoms with van der Waals surface area (Å²) in [5, 5.41) is 0. The molecule has 0 spiro atoms. The maximum Gasteiger partial charge on any atom is 0.334 e. The van der Waals surface area contributed by atoms with Crippen LogP contribution in [0.1, 0.15) is 59.8 Å². The van der Waals surface area contributed by atoms with Gasteiger partial charge in [-0.25, -0.2) is 4.79 Å². The number of carbonyl (C=O) groups is 3. The molecule has 0 aromatic rings. The first-order valence-electron chi connectivity index (χ1n) is 10.4. The molecule has 1 saturated heterocycles. The number of hydrogen-bond donors (Lipinski definition) is 0. The smallest absolute Gasteiger partial charge is 0.334 e. The van der Waals surface area contributed by atoms with Crippen LogP contribution in [0.3, 0.4) is 0 Å². The molecule has 0 aromatic carbocycles. The monoisotopic (exact) mass is 416 g/mol. The van der Waals surface area contributed by atoms with Gasteiger partial charge < -0.3 is 14.2 Å². The zero-order valence-electron chi connectivity index (χ0n) is 18.4. The Morgan fingerprint density at radius 3 is 2.47 bits per heavy atom. The van der Waals surface area contributed by atoms with Crippen molar-refractivity contribution < 1.29 is 28.6 Å². The maximum absolute atomic E-state index is 12.3. The van der Waals surface area contributed by atoms with E-state index in [1.54, 1.807) is 0 Å². The number of allylic oxidation sites excluding steroid dienone is 4. The van der Waals surface area contributed by atoms with E-state index in [4.69, 9.17) is 14.2 Å². The van der Waals surface area contributed by atoms with Gasteiger partial charge in [0.2, 0.25) is 0 Å². The predicted octanol–water partition coefficient (Wildman–Crippen LogP) is 4.36. The summed E-state index contributed by atoms with van der Waals surface area (Å²) in [6, 6.07) is 0. The molecule has 0 unspecified atom stereocenters. The van der Waals surface area contributed by atoms with Gasteiger partial charge in [0.1, 0.15) is 6.61 Å². The second kappa shape index (κ2) is 11.0. The van der Waals surface area contributed by atoms with Gasteiger partial charge in [-0.15, -0.1) is 0 Å². The van der Waals surface area contributed by atoms with Gasteiger partial charge in [-0.1, -0.05) is 30.4 Å². The van der Waals surface area contributed by atoms with E-state index in [9.17, 15) is 14.4 Å². The van der Waals surface area contributed by atoms with Crippen molar-refractivity contribution in [1.29, 1.82) is 0 Å². The highest BCUT2D eigenvalue weighted by Gasteiger charge is 2.44. The molecule has 1 aliphatic heterocycles. The molecule has 164 valence electrons. The van der Waals surface area contributed by atoms with Crippen molar-refractivity contribution >= 4 is 17.9 Å². The quantitative estimate of drug-likeness (QED) is 0.294. The molecule has 6 nitrogen and oxygen atoms in total. The SMILES string of the molecule is C=C1C(=O)O[C@@H]2[C@@H]1C/C=C(\COC(C)=O)CC/C=C(\C)CC/C=C(\C)[C@@H]2OC(C)=O. The summed E-state index contributed by atoms with van der Waals surface area (Å²) in [6.07, 6.45) is 8.72. The van der Waals surface area contributed by atoms with E-state index >= 15 is 0 Å². The number of rotatable bonds is 3. The molecule has 1 aliphatic carbocycles. The lowest BCUT2D eigenvalue weighted by molar-refractivity contribution is -0.157. The Labute approximate surface area is 178 Å². The van der Waals surface area contributed by atoms with E-state index in [0.717, 1.165) is 36.8 Å². The van der Waals surface area contributed by atoms with Crippen LogP contribution >= 0.6 is 0 Å².